The van der Waals surface area contributed by atoms with E-state index in [2.05, 4.69) is 4.74 Å². The Morgan fingerprint density at radius 2 is 1.94 bits per heavy atom. The molecule has 0 unspecified atom stereocenters. The first-order valence-corrected chi connectivity index (χ1v) is 6.60. The number of halogens is 4. The second-order valence-corrected chi connectivity index (χ2v) is 5.77. The molecule has 18 heavy (non-hydrogen) atoms. The molecule has 0 saturated heterocycles. The predicted molar refractivity (Wildman–Crippen MR) is 55.6 cm³/mol. The zero-order valence-electron chi connectivity index (χ0n) is 8.75. The van der Waals surface area contributed by atoms with Crippen molar-refractivity contribution in [2.45, 2.75) is 18.2 Å². The summed E-state index contributed by atoms with van der Waals surface area (Å²) in [6.07, 6.45) is -5.03. The highest BCUT2D eigenvalue weighted by atomic mass is 35.7. The van der Waals surface area contributed by atoms with Crippen LogP contribution in [0, 0.1) is 18.3 Å². The van der Waals surface area contributed by atoms with E-state index in [1.165, 1.54) is 13.0 Å². The molecule has 0 aromatic heterocycles. The number of nitrogens with zero attached hydrogens (tertiary/aromatic N) is 1. The lowest BCUT2D eigenvalue weighted by Gasteiger charge is -2.12. The summed E-state index contributed by atoms with van der Waals surface area (Å²) in [6, 6.07) is 3.22. The van der Waals surface area contributed by atoms with Gasteiger partial charge in [0.25, 0.3) is 9.05 Å². The van der Waals surface area contributed by atoms with Crippen LogP contribution < -0.4 is 4.74 Å². The third-order valence-electron chi connectivity index (χ3n) is 1.81. The van der Waals surface area contributed by atoms with Crippen molar-refractivity contribution in [3.8, 4) is 11.8 Å². The molecular weight excluding hydrogens is 295 g/mol. The van der Waals surface area contributed by atoms with E-state index in [0.29, 0.717) is 0 Å². The molecule has 0 N–H and O–H groups in total. The Bertz CT molecular complexity index is 619. The SMILES string of the molecule is Cc1cc(OC(F)(F)F)c(C#N)c(S(=O)(=O)Cl)c1. The third-order valence-corrected chi connectivity index (χ3v) is 3.16. The molecule has 1 rings (SSSR count). The molecular formula is C9H5ClF3NO3S. The summed E-state index contributed by atoms with van der Waals surface area (Å²) in [5.41, 5.74) is -0.625. The number of ether oxygens (including phenoxy) is 1. The van der Waals surface area contributed by atoms with Gasteiger partial charge >= 0.3 is 6.36 Å². The van der Waals surface area contributed by atoms with Crippen LogP contribution in [-0.2, 0) is 9.05 Å². The Morgan fingerprint density at radius 1 is 1.39 bits per heavy atom. The zero-order valence-corrected chi connectivity index (χ0v) is 10.3. The molecule has 9 heteroatoms. The smallest absolute Gasteiger partial charge is 0.404 e. The highest BCUT2D eigenvalue weighted by Gasteiger charge is 2.33. The minimum absolute atomic E-state index is 0.160. The molecule has 1 aromatic carbocycles. The number of aryl methyl sites for hydroxylation is 1. The van der Waals surface area contributed by atoms with Gasteiger partial charge in [-0.25, -0.2) is 8.42 Å². The first-order chi connectivity index (χ1) is 8.04. The van der Waals surface area contributed by atoms with E-state index < -0.39 is 31.6 Å². The number of benzene rings is 1. The fraction of sp³-hybridized carbons (Fsp3) is 0.222. The van der Waals surface area contributed by atoms with Crippen molar-refractivity contribution in [3.05, 3.63) is 23.3 Å². The minimum atomic E-state index is -5.03. The lowest BCUT2D eigenvalue weighted by Crippen LogP contribution is -2.18. The van der Waals surface area contributed by atoms with E-state index in [1.807, 2.05) is 0 Å². The van der Waals surface area contributed by atoms with E-state index in [-0.39, 0.29) is 5.56 Å². The van der Waals surface area contributed by atoms with Gasteiger partial charge in [-0.3, -0.25) is 0 Å². The minimum Gasteiger partial charge on any atom is -0.404 e. The van der Waals surface area contributed by atoms with E-state index >= 15 is 0 Å². The summed E-state index contributed by atoms with van der Waals surface area (Å²) in [7, 11) is 0.698. The van der Waals surface area contributed by atoms with Crippen LogP contribution in [-0.4, -0.2) is 14.8 Å². The number of hydrogen-bond donors (Lipinski definition) is 0. The Balaban J connectivity index is 3.55. The van der Waals surface area contributed by atoms with Gasteiger partial charge < -0.3 is 4.74 Å². The van der Waals surface area contributed by atoms with E-state index in [9.17, 15) is 21.6 Å². The molecule has 0 radical (unpaired) electrons. The number of nitriles is 1. The Kier molecular flexibility index (Phi) is 3.78. The Labute approximate surface area is 105 Å². The third kappa shape index (κ3) is 3.51. The lowest BCUT2D eigenvalue weighted by molar-refractivity contribution is -0.274. The molecule has 0 aliphatic rings. The van der Waals surface area contributed by atoms with Crippen LogP contribution in [0.2, 0.25) is 0 Å². The monoisotopic (exact) mass is 299 g/mol. The van der Waals surface area contributed by atoms with Gasteiger partial charge in [0.1, 0.15) is 22.3 Å². The van der Waals surface area contributed by atoms with Crippen LogP contribution in [0.15, 0.2) is 17.0 Å². The fourth-order valence-electron chi connectivity index (χ4n) is 1.23. The van der Waals surface area contributed by atoms with Gasteiger partial charge in [-0.1, -0.05) is 0 Å². The normalized spacial score (nSPS) is 12.0. The van der Waals surface area contributed by atoms with Crippen LogP contribution in [0.3, 0.4) is 0 Å². The van der Waals surface area contributed by atoms with Crippen LogP contribution in [0.25, 0.3) is 0 Å². The van der Waals surface area contributed by atoms with Crippen molar-refractivity contribution in [1.29, 1.82) is 5.26 Å². The van der Waals surface area contributed by atoms with Gasteiger partial charge in [-0.15, -0.1) is 13.2 Å². The largest absolute Gasteiger partial charge is 0.573 e. The van der Waals surface area contributed by atoms with Gasteiger partial charge in [0.2, 0.25) is 0 Å². The average Bonchev–Trinajstić information content (AvgIpc) is 2.12. The first kappa shape index (κ1) is 14.6. The maximum Gasteiger partial charge on any atom is 0.573 e. The van der Waals surface area contributed by atoms with Crippen LogP contribution in [0.5, 0.6) is 5.75 Å². The van der Waals surface area contributed by atoms with Crippen molar-refractivity contribution in [1.82, 2.24) is 0 Å². The predicted octanol–water partition coefficient (Wildman–Crippen LogP) is 2.69. The summed E-state index contributed by atoms with van der Waals surface area (Å²) in [5, 5.41) is 8.73. The first-order valence-electron chi connectivity index (χ1n) is 4.30. The van der Waals surface area contributed by atoms with E-state index in [1.54, 1.807) is 0 Å². The molecule has 0 aliphatic heterocycles. The summed E-state index contributed by atoms with van der Waals surface area (Å²) in [5.74, 6) is -0.899. The molecule has 4 nitrogen and oxygen atoms in total. The highest BCUT2D eigenvalue weighted by Crippen LogP contribution is 2.32. The zero-order chi connectivity index (χ0) is 14.1. The lowest BCUT2D eigenvalue weighted by atomic mass is 10.1. The molecule has 0 bridgehead atoms. The maximum atomic E-state index is 12.1. The summed E-state index contributed by atoms with van der Waals surface area (Å²) in [4.78, 5) is -0.717. The van der Waals surface area contributed by atoms with Crippen molar-refractivity contribution in [3.63, 3.8) is 0 Å². The van der Waals surface area contributed by atoms with Gasteiger partial charge in [0.15, 0.2) is 0 Å². The molecule has 0 spiro atoms. The van der Waals surface area contributed by atoms with Crippen molar-refractivity contribution in [2.24, 2.45) is 0 Å². The summed E-state index contributed by atoms with van der Waals surface area (Å²) in [6.45, 7) is 1.34. The second-order valence-electron chi connectivity index (χ2n) is 3.23. The molecule has 0 aliphatic carbocycles. The Hall–Kier alpha value is -1.46. The van der Waals surface area contributed by atoms with E-state index in [0.717, 1.165) is 12.1 Å². The second kappa shape index (κ2) is 4.66. The highest BCUT2D eigenvalue weighted by molar-refractivity contribution is 8.13. The fourth-order valence-corrected chi connectivity index (χ4v) is 2.31. The van der Waals surface area contributed by atoms with Crippen LogP contribution in [0.4, 0.5) is 13.2 Å². The van der Waals surface area contributed by atoms with Crippen LogP contribution in [0.1, 0.15) is 11.1 Å². The molecule has 0 atom stereocenters. The van der Waals surface area contributed by atoms with Crippen LogP contribution >= 0.6 is 10.7 Å². The average molecular weight is 300 g/mol. The molecule has 0 heterocycles. The number of rotatable bonds is 2. The summed E-state index contributed by atoms with van der Waals surface area (Å²) >= 11 is 0. The molecule has 1 aromatic rings. The maximum absolute atomic E-state index is 12.1. The number of alkyl halides is 3. The van der Waals surface area contributed by atoms with Gasteiger partial charge in [0.05, 0.1) is 0 Å². The molecule has 0 saturated carbocycles. The molecule has 0 fully saturated rings. The molecule has 0 amide bonds. The van der Waals surface area contributed by atoms with Gasteiger partial charge in [-0.2, -0.15) is 5.26 Å². The van der Waals surface area contributed by atoms with Gasteiger partial charge in [-0.05, 0) is 24.6 Å². The van der Waals surface area contributed by atoms with Crippen molar-refractivity contribution < 1.29 is 26.3 Å². The van der Waals surface area contributed by atoms with Crippen molar-refractivity contribution in [2.75, 3.05) is 0 Å². The standard InChI is InChI=1S/C9H5ClF3NO3S/c1-5-2-7(17-9(11,12)13)6(4-14)8(3-5)18(10,15)16/h2-3H,1H3. The molecule has 98 valence electrons. The van der Waals surface area contributed by atoms with Gasteiger partial charge in [0, 0.05) is 10.7 Å². The number of hydrogen-bond acceptors (Lipinski definition) is 4. The Morgan fingerprint density at radius 3 is 2.33 bits per heavy atom. The summed E-state index contributed by atoms with van der Waals surface area (Å²) < 4.78 is 62.2. The van der Waals surface area contributed by atoms with E-state index in [4.69, 9.17) is 15.9 Å². The van der Waals surface area contributed by atoms with Crippen molar-refractivity contribution >= 4 is 19.7 Å². The quantitative estimate of drug-likeness (QED) is 0.787. The topological polar surface area (TPSA) is 67.2 Å².